The van der Waals surface area contributed by atoms with E-state index in [2.05, 4.69) is 0 Å². The summed E-state index contributed by atoms with van der Waals surface area (Å²) in [4.78, 5) is 13.2. The van der Waals surface area contributed by atoms with E-state index in [0.717, 1.165) is 5.56 Å². The van der Waals surface area contributed by atoms with E-state index in [0.29, 0.717) is 17.9 Å². The highest BCUT2D eigenvalue weighted by Crippen LogP contribution is 2.28. The molecule has 0 aliphatic carbocycles. The van der Waals surface area contributed by atoms with Gasteiger partial charge in [-0.15, -0.1) is 0 Å². The Morgan fingerprint density at radius 2 is 1.90 bits per heavy atom. The molecule has 0 fully saturated rings. The van der Waals surface area contributed by atoms with E-state index in [9.17, 15) is 9.90 Å². The number of carboxylic acid groups (broad SMARTS) is 1. The third kappa shape index (κ3) is 2.74. The molecule has 4 heteroatoms. The van der Waals surface area contributed by atoms with Gasteiger partial charge in [0.05, 0.1) is 16.9 Å². The summed E-state index contributed by atoms with van der Waals surface area (Å²) in [6, 6.07) is 13.0. The van der Waals surface area contributed by atoms with E-state index in [-0.39, 0.29) is 5.56 Å². The minimum atomic E-state index is -0.969. The van der Waals surface area contributed by atoms with Crippen molar-refractivity contribution in [2.45, 2.75) is 13.5 Å². The molecule has 2 rings (SSSR count). The normalized spacial score (nSPS) is 10.3. The van der Waals surface area contributed by atoms with Crippen LogP contribution in [-0.2, 0) is 6.54 Å². The maximum atomic E-state index is 11.3. The highest BCUT2D eigenvalue weighted by Gasteiger charge is 2.16. The Morgan fingerprint density at radius 1 is 1.20 bits per heavy atom. The number of carboxylic acids is 1. The summed E-state index contributed by atoms with van der Waals surface area (Å²) < 4.78 is 0. The number of carbonyl (C=O) groups is 1. The Kier molecular flexibility index (Phi) is 3.94. The molecule has 0 atom stereocenters. The van der Waals surface area contributed by atoms with Crippen LogP contribution in [0.2, 0.25) is 0 Å². The number of hydrogen-bond donors (Lipinski definition) is 2. The molecule has 0 spiro atoms. The molecule has 0 radical (unpaired) electrons. The van der Waals surface area contributed by atoms with Crippen LogP contribution in [0, 0.1) is 6.92 Å². The van der Waals surface area contributed by atoms with Gasteiger partial charge < -0.3 is 15.7 Å². The Balaban J connectivity index is 2.37. The van der Waals surface area contributed by atoms with Gasteiger partial charge in [-0.3, -0.25) is 0 Å². The lowest BCUT2D eigenvalue weighted by Crippen LogP contribution is -2.21. The molecule has 2 aromatic rings. The molecule has 0 amide bonds. The maximum absolute atomic E-state index is 11.3. The summed E-state index contributed by atoms with van der Waals surface area (Å²) in [6.45, 7) is 2.65. The molecule has 0 heterocycles. The van der Waals surface area contributed by atoms with E-state index in [1.54, 1.807) is 18.2 Å². The fourth-order valence-electron chi connectivity index (χ4n) is 2.28. The minimum absolute atomic E-state index is 0.223. The van der Waals surface area contributed by atoms with Crippen LogP contribution >= 0.6 is 0 Å². The number of rotatable bonds is 4. The summed E-state index contributed by atoms with van der Waals surface area (Å²) in [5.41, 5.74) is 9.52. The summed E-state index contributed by atoms with van der Waals surface area (Å²) in [6.07, 6.45) is 0. The highest BCUT2D eigenvalue weighted by atomic mass is 16.4. The number of aryl methyl sites for hydroxylation is 1. The first kappa shape index (κ1) is 13.9. The van der Waals surface area contributed by atoms with Crippen molar-refractivity contribution in [3.63, 3.8) is 0 Å². The van der Waals surface area contributed by atoms with Crippen molar-refractivity contribution < 1.29 is 9.90 Å². The average Bonchev–Trinajstić information content (AvgIpc) is 2.40. The zero-order valence-electron chi connectivity index (χ0n) is 11.6. The monoisotopic (exact) mass is 270 g/mol. The van der Waals surface area contributed by atoms with Gasteiger partial charge in [0.15, 0.2) is 0 Å². The number of nitrogens with two attached hydrogens (primary N) is 1. The number of nitrogens with zero attached hydrogens (tertiary/aromatic N) is 1. The topological polar surface area (TPSA) is 66.6 Å². The molecule has 20 heavy (non-hydrogen) atoms. The Bertz CT molecular complexity index is 638. The number of hydrogen-bond acceptors (Lipinski definition) is 3. The molecule has 0 aliphatic heterocycles. The lowest BCUT2D eigenvalue weighted by molar-refractivity contribution is 0.0697. The van der Waals surface area contributed by atoms with Crippen LogP contribution in [0.1, 0.15) is 21.5 Å². The Morgan fingerprint density at radius 3 is 2.55 bits per heavy atom. The third-order valence-corrected chi connectivity index (χ3v) is 3.35. The first-order valence-electron chi connectivity index (χ1n) is 6.38. The molecule has 0 unspecified atom stereocenters. The molecule has 0 saturated heterocycles. The predicted molar refractivity (Wildman–Crippen MR) is 81.1 cm³/mol. The average molecular weight is 270 g/mol. The maximum Gasteiger partial charge on any atom is 0.337 e. The van der Waals surface area contributed by atoms with E-state index in [1.807, 2.05) is 43.1 Å². The largest absolute Gasteiger partial charge is 0.478 e. The van der Waals surface area contributed by atoms with Crippen molar-refractivity contribution in [1.29, 1.82) is 0 Å². The van der Waals surface area contributed by atoms with Crippen LogP contribution in [0.25, 0.3) is 0 Å². The second kappa shape index (κ2) is 5.65. The lowest BCUT2D eigenvalue weighted by atomic mass is 10.1. The van der Waals surface area contributed by atoms with E-state index in [1.165, 1.54) is 5.56 Å². The zero-order chi connectivity index (χ0) is 14.7. The van der Waals surface area contributed by atoms with Gasteiger partial charge >= 0.3 is 5.97 Å². The van der Waals surface area contributed by atoms with Gasteiger partial charge in [-0.05, 0) is 30.2 Å². The molecule has 104 valence electrons. The Labute approximate surface area is 118 Å². The number of para-hydroxylation sites is 1. The summed E-state index contributed by atoms with van der Waals surface area (Å²) in [7, 11) is 1.85. The van der Waals surface area contributed by atoms with Crippen LogP contribution in [0.5, 0.6) is 0 Å². The minimum Gasteiger partial charge on any atom is -0.478 e. The van der Waals surface area contributed by atoms with E-state index >= 15 is 0 Å². The fraction of sp³-hybridized carbons (Fsp3) is 0.188. The molecule has 4 nitrogen and oxygen atoms in total. The second-order valence-electron chi connectivity index (χ2n) is 4.83. The van der Waals surface area contributed by atoms with Crippen molar-refractivity contribution >= 4 is 17.3 Å². The first-order valence-corrected chi connectivity index (χ1v) is 6.38. The number of benzene rings is 2. The summed E-state index contributed by atoms with van der Waals surface area (Å²) in [5.74, 6) is -0.969. The van der Waals surface area contributed by atoms with Gasteiger partial charge in [0.1, 0.15) is 0 Å². The van der Waals surface area contributed by atoms with Crippen molar-refractivity contribution in [1.82, 2.24) is 0 Å². The first-order chi connectivity index (χ1) is 9.50. The van der Waals surface area contributed by atoms with Crippen LogP contribution in [0.3, 0.4) is 0 Å². The number of anilines is 2. The molecule has 0 aromatic heterocycles. The number of aromatic carboxylic acids is 1. The fourth-order valence-corrected chi connectivity index (χ4v) is 2.28. The zero-order valence-corrected chi connectivity index (χ0v) is 11.6. The van der Waals surface area contributed by atoms with Crippen molar-refractivity contribution in [2.75, 3.05) is 17.7 Å². The molecular formula is C16H18N2O2. The summed E-state index contributed by atoms with van der Waals surface area (Å²) >= 11 is 0. The van der Waals surface area contributed by atoms with E-state index in [4.69, 9.17) is 5.73 Å². The second-order valence-corrected chi connectivity index (χ2v) is 4.83. The standard InChI is InChI=1S/C16H18N2O2/c1-11-6-3-4-7-12(11)10-18(2)15-13(16(19)20)8-5-9-14(15)17/h3-9H,10,17H2,1-2H3,(H,19,20). The SMILES string of the molecule is Cc1ccccc1CN(C)c1c(N)cccc1C(=O)O. The molecule has 0 aliphatic rings. The summed E-state index contributed by atoms with van der Waals surface area (Å²) in [5, 5.41) is 9.28. The molecule has 3 N–H and O–H groups in total. The quantitative estimate of drug-likeness (QED) is 0.838. The molecular weight excluding hydrogens is 252 g/mol. The highest BCUT2D eigenvalue weighted by molar-refractivity contribution is 5.97. The van der Waals surface area contributed by atoms with Gasteiger partial charge in [0, 0.05) is 13.6 Å². The van der Waals surface area contributed by atoms with Crippen LogP contribution < -0.4 is 10.6 Å². The van der Waals surface area contributed by atoms with Gasteiger partial charge in [0.25, 0.3) is 0 Å². The predicted octanol–water partition coefficient (Wildman–Crippen LogP) is 2.91. The van der Waals surface area contributed by atoms with Crippen LogP contribution in [-0.4, -0.2) is 18.1 Å². The lowest BCUT2D eigenvalue weighted by Gasteiger charge is -2.23. The van der Waals surface area contributed by atoms with Crippen molar-refractivity contribution in [3.05, 3.63) is 59.2 Å². The van der Waals surface area contributed by atoms with Crippen LogP contribution in [0.4, 0.5) is 11.4 Å². The molecule has 0 bridgehead atoms. The van der Waals surface area contributed by atoms with Gasteiger partial charge in [-0.1, -0.05) is 30.3 Å². The molecule has 2 aromatic carbocycles. The van der Waals surface area contributed by atoms with Gasteiger partial charge in [0.2, 0.25) is 0 Å². The molecule has 0 saturated carbocycles. The number of nitrogen functional groups attached to an aromatic ring is 1. The smallest absolute Gasteiger partial charge is 0.337 e. The third-order valence-electron chi connectivity index (χ3n) is 3.35. The van der Waals surface area contributed by atoms with Crippen molar-refractivity contribution in [3.8, 4) is 0 Å². The van der Waals surface area contributed by atoms with E-state index < -0.39 is 5.97 Å². The van der Waals surface area contributed by atoms with Gasteiger partial charge in [-0.2, -0.15) is 0 Å². The Hall–Kier alpha value is -2.49. The van der Waals surface area contributed by atoms with Crippen LogP contribution in [0.15, 0.2) is 42.5 Å². The van der Waals surface area contributed by atoms with Gasteiger partial charge in [-0.25, -0.2) is 4.79 Å². The van der Waals surface area contributed by atoms with Crippen molar-refractivity contribution in [2.24, 2.45) is 0 Å².